The fourth-order valence-electron chi connectivity index (χ4n) is 2.71. The van der Waals surface area contributed by atoms with E-state index in [4.69, 9.17) is 0 Å². The summed E-state index contributed by atoms with van der Waals surface area (Å²) in [6.07, 6.45) is 1.21. The minimum absolute atomic E-state index is 0.0448. The topological polar surface area (TPSA) is 60.9 Å². The quantitative estimate of drug-likeness (QED) is 0.795. The molecule has 1 aliphatic heterocycles. The summed E-state index contributed by atoms with van der Waals surface area (Å²) in [4.78, 5) is 16.2. The van der Waals surface area contributed by atoms with Crippen LogP contribution >= 0.6 is 0 Å². The molecule has 2 rings (SSSR count). The molecule has 23 heavy (non-hydrogen) atoms. The number of sulfonamides is 1. The molecule has 1 aliphatic rings. The Morgan fingerprint density at radius 2 is 1.74 bits per heavy atom. The first-order valence-corrected chi connectivity index (χ1v) is 9.62. The van der Waals surface area contributed by atoms with Crippen molar-refractivity contribution >= 4 is 15.9 Å². The highest BCUT2D eigenvalue weighted by atomic mass is 32.2. The van der Waals surface area contributed by atoms with Gasteiger partial charge in [-0.1, -0.05) is 30.3 Å². The summed E-state index contributed by atoms with van der Waals surface area (Å²) in [5.74, 6) is 0.0448. The number of hydrogen-bond donors (Lipinski definition) is 0. The van der Waals surface area contributed by atoms with E-state index in [1.807, 2.05) is 30.1 Å². The molecule has 0 saturated carbocycles. The zero-order valence-electron chi connectivity index (χ0n) is 14.0. The van der Waals surface area contributed by atoms with E-state index >= 15 is 0 Å². The van der Waals surface area contributed by atoms with Gasteiger partial charge in [-0.05, 0) is 19.5 Å². The highest BCUT2D eigenvalue weighted by Gasteiger charge is 2.27. The molecule has 128 valence electrons. The molecule has 0 aromatic heterocycles. The minimum Gasteiger partial charge on any atom is -0.339 e. The SMILES string of the molecule is C[C@@H](c1ccccc1)N(C)CC(=O)N1CCN(S(C)(=O)=O)CC1. The summed E-state index contributed by atoms with van der Waals surface area (Å²) in [5, 5.41) is 0. The van der Waals surface area contributed by atoms with E-state index in [1.54, 1.807) is 4.90 Å². The molecule has 0 unspecified atom stereocenters. The number of likely N-dealkylation sites (N-methyl/N-ethyl adjacent to an activating group) is 1. The zero-order valence-corrected chi connectivity index (χ0v) is 14.8. The predicted molar refractivity (Wildman–Crippen MR) is 90.5 cm³/mol. The van der Waals surface area contributed by atoms with Gasteiger partial charge in [-0.25, -0.2) is 8.42 Å². The molecule has 1 aromatic carbocycles. The van der Waals surface area contributed by atoms with Gasteiger partial charge in [0.15, 0.2) is 0 Å². The van der Waals surface area contributed by atoms with Crippen LogP contribution in [0.2, 0.25) is 0 Å². The summed E-state index contributed by atoms with van der Waals surface area (Å²) in [6, 6.07) is 10.2. The van der Waals surface area contributed by atoms with Gasteiger partial charge >= 0.3 is 0 Å². The summed E-state index contributed by atoms with van der Waals surface area (Å²) in [7, 11) is -1.23. The van der Waals surface area contributed by atoms with E-state index in [-0.39, 0.29) is 11.9 Å². The molecule has 1 atom stereocenters. The van der Waals surface area contributed by atoms with Crippen molar-refractivity contribution in [2.45, 2.75) is 13.0 Å². The third kappa shape index (κ3) is 4.76. The number of carbonyl (C=O) groups is 1. The lowest BCUT2D eigenvalue weighted by atomic mass is 10.1. The van der Waals surface area contributed by atoms with Crippen LogP contribution in [0.25, 0.3) is 0 Å². The molecule has 1 saturated heterocycles. The Hall–Kier alpha value is -1.44. The molecule has 7 heteroatoms. The minimum atomic E-state index is -3.16. The van der Waals surface area contributed by atoms with Crippen LogP contribution in [0, 0.1) is 0 Å². The van der Waals surface area contributed by atoms with E-state index in [0.29, 0.717) is 32.7 Å². The van der Waals surface area contributed by atoms with Gasteiger partial charge < -0.3 is 4.90 Å². The van der Waals surface area contributed by atoms with Gasteiger partial charge in [-0.3, -0.25) is 9.69 Å². The number of amides is 1. The van der Waals surface area contributed by atoms with Crippen LogP contribution in [0.5, 0.6) is 0 Å². The Morgan fingerprint density at radius 1 is 1.17 bits per heavy atom. The molecule has 6 nitrogen and oxygen atoms in total. The monoisotopic (exact) mass is 339 g/mol. The number of nitrogens with zero attached hydrogens (tertiary/aromatic N) is 3. The fourth-order valence-corrected chi connectivity index (χ4v) is 3.53. The third-order valence-corrected chi connectivity index (χ3v) is 5.69. The molecule has 1 amide bonds. The van der Waals surface area contributed by atoms with Gasteiger partial charge in [0.25, 0.3) is 0 Å². The molecule has 1 heterocycles. The Morgan fingerprint density at radius 3 is 2.26 bits per heavy atom. The Bertz CT molecular complexity index is 625. The predicted octanol–water partition coefficient (Wildman–Crippen LogP) is 0.783. The number of piperazine rings is 1. The van der Waals surface area contributed by atoms with Crippen LogP contribution in [-0.4, -0.2) is 74.5 Å². The van der Waals surface area contributed by atoms with E-state index in [1.165, 1.54) is 16.1 Å². The van der Waals surface area contributed by atoms with Gasteiger partial charge in [0.2, 0.25) is 15.9 Å². The number of benzene rings is 1. The first-order chi connectivity index (χ1) is 10.8. The van der Waals surface area contributed by atoms with Gasteiger partial charge in [0.05, 0.1) is 12.8 Å². The second kappa shape index (κ2) is 7.42. The van der Waals surface area contributed by atoms with Gasteiger partial charge in [0.1, 0.15) is 0 Å². The van der Waals surface area contributed by atoms with E-state index < -0.39 is 10.0 Å². The Kier molecular flexibility index (Phi) is 5.78. The molecule has 0 radical (unpaired) electrons. The van der Waals surface area contributed by atoms with Crippen molar-refractivity contribution < 1.29 is 13.2 Å². The average molecular weight is 339 g/mol. The highest BCUT2D eigenvalue weighted by molar-refractivity contribution is 7.88. The van der Waals surface area contributed by atoms with Crippen molar-refractivity contribution in [2.24, 2.45) is 0 Å². The van der Waals surface area contributed by atoms with Crippen LogP contribution < -0.4 is 0 Å². The maximum atomic E-state index is 12.4. The molecule has 0 bridgehead atoms. The first-order valence-electron chi connectivity index (χ1n) is 7.77. The lowest BCUT2D eigenvalue weighted by Gasteiger charge is -2.35. The number of carbonyl (C=O) groups excluding carboxylic acids is 1. The lowest BCUT2D eigenvalue weighted by molar-refractivity contribution is -0.133. The number of hydrogen-bond acceptors (Lipinski definition) is 4. The molecule has 0 spiro atoms. The van der Waals surface area contributed by atoms with Crippen LogP contribution in [0.4, 0.5) is 0 Å². The zero-order chi connectivity index (χ0) is 17.0. The molecular formula is C16H25N3O3S. The van der Waals surface area contributed by atoms with Gasteiger partial charge in [0, 0.05) is 32.2 Å². The van der Waals surface area contributed by atoms with Gasteiger partial charge in [-0.15, -0.1) is 0 Å². The molecule has 0 aliphatic carbocycles. The maximum absolute atomic E-state index is 12.4. The summed E-state index contributed by atoms with van der Waals surface area (Å²) < 4.78 is 24.4. The standard InChI is InChI=1S/C16H25N3O3S/c1-14(15-7-5-4-6-8-15)17(2)13-16(20)18-9-11-19(12-10-18)23(3,21)22/h4-8,14H,9-13H2,1-3H3/t14-/m0/s1. The van der Waals surface area contributed by atoms with E-state index in [9.17, 15) is 13.2 Å². The second-order valence-corrected chi connectivity index (χ2v) is 8.03. The highest BCUT2D eigenvalue weighted by Crippen LogP contribution is 2.18. The second-order valence-electron chi connectivity index (χ2n) is 6.04. The normalized spacial score (nSPS) is 18.2. The molecular weight excluding hydrogens is 314 g/mol. The van der Waals surface area contributed by atoms with Crippen LogP contribution in [-0.2, 0) is 14.8 Å². The van der Waals surface area contributed by atoms with Crippen molar-refractivity contribution in [2.75, 3.05) is 46.0 Å². The molecule has 1 aromatic rings. The lowest BCUT2D eigenvalue weighted by Crippen LogP contribution is -2.52. The van der Waals surface area contributed by atoms with Crippen LogP contribution in [0.1, 0.15) is 18.5 Å². The smallest absolute Gasteiger partial charge is 0.236 e. The summed E-state index contributed by atoms with van der Waals surface area (Å²) in [5.41, 5.74) is 1.17. The van der Waals surface area contributed by atoms with Crippen molar-refractivity contribution in [3.05, 3.63) is 35.9 Å². The molecule has 0 N–H and O–H groups in total. The van der Waals surface area contributed by atoms with Crippen molar-refractivity contribution in [3.63, 3.8) is 0 Å². The van der Waals surface area contributed by atoms with Crippen LogP contribution in [0.3, 0.4) is 0 Å². The van der Waals surface area contributed by atoms with E-state index in [0.717, 1.165) is 0 Å². The summed E-state index contributed by atoms with van der Waals surface area (Å²) >= 11 is 0. The van der Waals surface area contributed by atoms with E-state index in [2.05, 4.69) is 19.1 Å². The van der Waals surface area contributed by atoms with Crippen LogP contribution in [0.15, 0.2) is 30.3 Å². The number of rotatable bonds is 5. The molecule has 1 fully saturated rings. The van der Waals surface area contributed by atoms with Crippen molar-refractivity contribution in [1.29, 1.82) is 0 Å². The van der Waals surface area contributed by atoms with Crippen molar-refractivity contribution in [1.82, 2.24) is 14.1 Å². The van der Waals surface area contributed by atoms with Crippen molar-refractivity contribution in [3.8, 4) is 0 Å². The first kappa shape index (κ1) is 17.9. The maximum Gasteiger partial charge on any atom is 0.236 e. The Balaban J connectivity index is 1.88. The Labute approximate surface area is 138 Å². The van der Waals surface area contributed by atoms with Gasteiger partial charge in [-0.2, -0.15) is 4.31 Å². The summed E-state index contributed by atoms with van der Waals surface area (Å²) in [6.45, 7) is 4.07. The fraction of sp³-hybridized carbons (Fsp3) is 0.562. The largest absolute Gasteiger partial charge is 0.339 e. The third-order valence-electron chi connectivity index (χ3n) is 4.39. The average Bonchev–Trinajstić information content (AvgIpc) is 2.54.